The molecule has 1 atom stereocenters. The normalized spacial score (nSPS) is 18.9. The first-order chi connectivity index (χ1) is 8.58. The predicted octanol–water partition coefficient (Wildman–Crippen LogP) is 2.63. The van der Waals surface area contributed by atoms with Crippen LogP contribution < -0.4 is 10.1 Å². The second kappa shape index (κ2) is 5.62. The van der Waals surface area contributed by atoms with Gasteiger partial charge in [0.2, 0.25) is 0 Å². The van der Waals surface area contributed by atoms with Gasteiger partial charge in [0.1, 0.15) is 12.4 Å². The molecule has 18 heavy (non-hydrogen) atoms. The highest BCUT2D eigenvalue weighted by Crippen LogP contribution is 2.32. The summed E-state index contributed by atoms with van der Waals surface area (Å²) in [7, 11) is 0. The summed E-state index contributed by atoms with van der Waals surface area (Å²) in [6, 6.07) is 2.33. The SMILES string of the molecule is O=[N+]([O-])c1cc(Br)c(F)cc1OC[C@@H]1CCCN1. The number of ether oxygens (including phenoxy) is 1. The highest BCUT2D eigenvalue weighted by Gasteiger charge is 2.21. The van der Waals surface area contributed by atoms with Crippen LogP contribution in [0.15, 0.2) is 16.6 Å². The summed E-state index contributed by atoms with van der Waals surface area (Å²) >= 11 is 2.92. The quantitative estimate of drug-likeness (QED) is 0.684. The van der Waals surface area contributed by atoms with Gasteiger partial charge in [0, 0.05) is 18.2 Å². The average Bonchev–Trinajstić information content (AvgIpc) is 2.83. The van der Waals surface area contributed by atoms with Gasteiger partial charge < -0.3 is 10.1 Å². The fraction of sp³-hybridized carbons (Fsp3) is 0.455. The minimum atomic E-state index is -0.582. The van der Waals surface area contributed by atoms with Crippen LogP contribution in [0.2, 0.25) is 0 Å². The van der Waals surface area contributed by atoms with Gasteiger partial charge in [0.15, 0.2) is 5.75 Å². The topological polar surface area (TPSA) is 64.4 Å². The van der Waals surface area contributed by atoms with E-state index in [1.807, 2.05) is 0 Å². The Bertz CT molecular complexity index is 464. The second-order valence-corrected chi connectivity index (χ2v) is 4.95. The highest BCUT2D eigenvalue weighted by molar-refractivity contribution is 9.10. The van der Waals surface area contributed by atoms with Crippen LogP contribution in [0.25, 0.3) is 0 Å². The maximum atomic E-state index is 13.4. The van der Waals surface area contributed by atoms with Crippen molar-refractivity contribution in [1.29, 1.82) is 0 Å². The Balaban J connectivity index is 2.14. The molecule has 0 radical (unpaired) electrons. The third-order valence-electron chi connectivity index (χ3n) is 2.80. The van der Waals surface area contributed by atoms with E-state index >= 15 is 0 Å². The van der Waals surface area contributed by atoms with Gasteiger partial charge >= 0.3 is 5.69 Å². The third kappa shape index (κ3) is 2.97. The van der Waals surface area contributed by atoms with Crippen LogP contribution in [-0.4, -0.2) is 24.1 Å². The lowest BCUT2D eigenvalue weighted by Crippen LogP contribution is -2.28. The highest BCUT2D eigenvalue weighted by atomic mass is 79.9. The van der Waals surface area contributed by atoms with Crippen molar-refractivity contribution in [3.05, 3.63) is 32.5 Å². The standard InChI is InChI=1S/C11H12BrFN2O3/c12-8-4-10(15(16)17)11(5-9(8)13)18-6-7-2-1-3-14-7/h4-5,7,14H,1-3,6H2/t7-/m0/s1. The van der Waals surface area contributed by atoms with Crippen LogP contribution in [0.3, 0.4) is 0 Å². The summed E-state index contributed by atoms with van der Waals surface area (Å²) in [4.78, 5) is 10.3. The predicted molar refractivity (Wildman–Crippen MR) is 67.3 cm³/mol. The van der Waals surface area contributed by atoms with Crippen LogP contribution in [0.1, 0.15) is 12.8 Å². The molecule has 2 rings (SSSR count). The van der Waals surface area contributed by atoms with Crippen LogP contribution >= 0.6 is 15.9 Å². The third-order valence-corrected chi connectivity index (χ3v) is 3.41. The maximum Gasteiger partial charge on any atom is 0.312 e. The molecule has 0 unspecified atom stereocenters. The van der Waals surface area contributed by atoms with E-state index in [0.717, 1.165) is 31.5 Å². The van der Waals surface area contributed by atoms with Crippen LogP contribution in [0.4, 0.5) is 10.1 Å². The van der Waals surface area contributed by atoms with Crippen molar-refractivity contribution < 1.29 is 14.1 Å². The van der Waals surface area contributed by atoms with Crippen LogP contribution in [-0.2, 0) is 0 Å². The summed E-state index contributed by atoms with van der Waals surface area (Å²) in [6.07, 6.45) is 2.03. The molecule has 0 aromatic heterocycles. The molecular formula is C11H12BrFN2O3. The molecule has 7 heteroatoms. The molecule has 1 aromatic carbocycles. The summed E-state index contributed by atoms with van der Waals surface area (Å²) < 4.78 is 18.8. The zero-order valence-corrected chi connectivity index (χ0v) is 11.1. The van der Waals surface area contributed by atoms with E-state index in [1.165, 1.54) is 0 Å². The maximum absolute atomic E-state index is 13.4. The number of halogens is 2. The molecule has 1 aliphatic heterocycles. The first-order valence-corrected chi connectivity index (χ1v) is 6.37. The number of nitro benzene ring substituents is 1. The van der Waals surface area contributed by atoms with Gasteiger partial charge in [-0.15, -0.1) is 0 Å². The Kier molecular flexibility index (Phi) is 4.13. The molecule has 0 spiro atoms. The lowest BCUT2D eigenvalue weighted by Gasteiger charge is -2.12. The molecule has 5 nitrogen and oxygen atoms in total. The largest absolute Gasteiger partial charge is 0.485 e. The van der Waals surface area contributed by atoms with Gasteiger partial charge in [-0.1, -0.05) is 0 Å². The Labute approximate surface area is 112 Å². The van der Waals surface area contributed by atoms with Crippen molar-refractivity contribution in [2.75, 3.05) is 13.2 Å². The van der Waals surface area contributed by atoms with Gasteiger partial charge in [-0.25, -0.2) is 4.39 Å². The number of hydrogen-bond donors (Lipinski definition) is 1. The molecule has 1 N–H and O–H groups in total. The second-order valence-electron chi connectivity index (χ2n) is 4.10. The van der Waals surface area contributed by atoms with Gasteiger partial charge in [-0.2, -0.15) is 0 Å². The lowest BCUT2D eigenvalue weighted by molar-refractivity contribution is -0.386. The zero-order valence-electron chi connectivity index (χ0n) is 9.49. The van der Waals surface area contributed by atoms with E-state index in [2.05, 4.69) is 21.2 Å². The average molecular weight is 319 g/mol. The van der Waals surface area contributed by atoms with Crippen LogP contribution in [0, 0.1) is 15.9 Å². The molecule has 0 aliphatic carbocycles. The fourth-order valence-electron chi connectivity index (χ4n) is 1.87. The summed E-state index contributed by atoms with van der Waals surface area (Å²) in [5, 5.41) is 14.1. The first-order valence-electron chi connectivity index (χ1n) is 5.57. The number of hydrogen-bond acceptors (Lipinski definition) is 4. The van der Waals surface area contributed by atoms with E-state index < -0.39 is 10.7 Å². The van der Waals surface area contributed by atoms with Crippen LogP contribution in [0.5, 0.6) is 5.75 Å². The number of nitrogens with one attached hydrogen (secondary N) is 1. The minimum absolute atomic E-state index is 0.0330. The Morgan fingerprint density at radius 2 is 2.39 bits per heavy atom. The number of rotatable bonds is 4. The molecule has 1 aromatic rings. The zero-order chi connectivity index (χ0) is 13.1. The smallest absolute Gasteiger partial charge is 0.312 e. The van der Waals surface area contributed by atoms with Gasteiger partial charge in [0.05, 0.1) is 9.40 Å². The number of benzene rings is 1. The van der Waals surface area contributed by atoms with E-state index in [-0.39, 0.29) is 22.0 Å². The van der Waals surface area contributed by atoms with E-state index in [1.54, 1.807) is 0 Å². The molecule has 0 saturated carbocycles. The number of nitrogens with zero attached hydrogens (tertiary/aromatic N) is 1. The van der Waals surface area contributed by atoms with Crippen molar-refractivity contribution in [1.82, 2.24) is 5.32 Å². The van der Waals surface area contributed by atoms with E-state index in [9.17, 15) is 14.5 Å². The van der Waals surface area contributed by atoms with Crippen molar-refractivity contribution in [3.8, 4) is 5.75 Å². The summed E-state index contributed by atoms with van der Waals surface area (Å²) in [5.74, 6) is -0.607. The lowest BCUT2D eigenvalue weighted by atomic mass is 10.2. The molecule has 1 aliphatic rings. The van der Waals surface area contributed by atoms with Gasteiger partial charge in [-0.3, -0.25) is 10.1 Å². The first kappa shape index (κ1) is 13.2. The molecule has 1 fully saturated rings. The monoisotopic (exact) mass is 318 g/mol. The van der Waals surface area contributed by atoms with Crippen molar-refractivity contribution in [2.45, 2.75) is 18.9 Å². The van der Waals surface area contributed by atoms with Crippen molar-refractivity contribution in [3.63, 3.8) is 0 Å². The number of nitro groups is 1. The molecule has 1 heterocycles. The van der Waals surface area contributed by atoms with E-state index in [0.29, 0.717) is 6.61 Å². The van der Waals surface area contributed by atoms with Gasteiger partial charge in [0.25, 0.3) is 0 Å². The molecule has 0 amide bonds. The fourth-order valence-corrected chi connectivity index (χ4v) is 2.20. The Hall–Kier alpha value is -1.21. The summed E-state index contributed by atoms with van der Waals surface area (Å²) in [6.45, 7) is 1.23. The molecule has 98 valence electrons. The molecular weight excluding hydrogens is 307 g/mol. The molecule has 1 saturated heterocycles. The van der Waals surface area contributed by atoms with Crippen molar-refractivity contribution in [2.24, 2.45) is 0 Å². The van der Waals surface area contributed by atoms with E-state index in [4.69, 9.17) is 4.74 Å². The van der Waals surface area contributed by atoms with Gasteiger partial charge in [-0.05, 0) is 35.3 Å². The van der Waals surface area contributed by atoms with Crippen molar-refractivity contribution >= 4 is 21.6 Å². The molecule has 0 bridgehead atoms. The Morgan fingerprint density at radius 3 is 3.00 bits per heavy atom. The Morgan fingerprint density at radius 1 is 1.61 bits per heavy atom. The summed E-state index contributed by atoms with van der Waals surface area (Å²) in [5.41, 5.74) is -0.235. The minimum Gasteiger partial charge on any atom is -0.485 e.